The third-order valence-electron chi connectivity index (χ3n) is 6.07. The van der Waals surface area contributed by atoms with E-state index < -0.39 is 12.1 Å². The summed E-state index contributed by atoms with van der Waals surface area (Å²) in [6.07, 6.45) is 13.0. The van der Waals surface area contributed by atoms with Crippen LogP contribution in [0.3, 0.4) is 0 Å². The number of aromatic nitrogens is 6. The van der Waals surface area contributed by atoms with Gasteiger partial charge in [0.05, 0.1) is 21.1 Å². The summed E-state index contributed by atoms with van der Waals surface area (Å²) in [6.45, 7) is 0. The first-order valence-corrected chi connectivity index (χ1v) is 15.0. The van der Waals surface area contributed by atoms with Crippen LogP contribution < -0.4 is 11.5 Å². The van der Waals surface area contributed by atoms with E-state index in [1.54, 1.807) is 98.1 Å². The SMILES string of the molecule is NC(=O)N(N=C(c1ccccn1)c1cnc(-c2cccnc2)s1)N(N=C(c1ccccn1)c1cnc(-c2cccnc2)s1)C(N)=O. The molecule has 0 aliphatic rings. The van der Waals surface area contributed by atoms with Crippen molar-refractivity contribution in [2.45, 2.75) is 0 Å². The van der Waals surface area contributed by atoms with E-state index in [1.165, 1.54) is 22.7 Å². The van der Waals surface area contributed by atoms with Gasteiger partial charge in [-0.3, -0.25) is 19.9 Å². The number of urea groups is 2. The minimum absolute atomic E-state index is 0.185. The first-order valence-electron chi connectivity index (χ1n) is 13.4. The molecule has 14 nitrogen and oxygen atoms in total. The van der Waals surface area contributed by atoms with E-state index in [0.717, 1.165) is 11.1 Å². The number of pyridine rings is 4. The molecule has 0 aromatic carbocycles. The Labute approximate surface area is 269 Å². The molecule has 0 atom stereocenters. The van der Waals surface area contributed by atoms with E-state index in [0.29, 0.717) is 41.4 Å². The van der Waals surface area contributed by atoms with Gasteiger partial charge in [0, 0.05) is 60.7 Å². The summed E-state index contributed by atoms with van der Waals surface area (Å²) in [6, 6.07) is 15.4. The molecule has 4 amide bonds. The minimum Gasteiger partial charge on any atom is -0.348 e. The fourth-order valence-corrected chi connectivity index (χ4v) is 5.83. The van der Waals surface area contributed by atoms with Crippen LogP contribution in [0.4, 0.5) is 9.59 Å². The summed E-state index contributed by atoms with van der Waals surface area (Å²) >= 11 is 2.56. The highest BCUT2D eigenvalue weighted by Gasteiger charge is 2.28. The Kier molecular flexibility index (Phi) is 8.80. The number of carbonyl (C=O) groups is 2. The second-order valence-electron chi connectivity index (χ2n) is 9.13. The molecule has 0 aliphatic carbocycles. The van der Waals surface area contributed by atoms with Gasteiger partial charge in [-0.15, -0.1) is 32.9 Å². The van der Waals surface area contributed by atoms with Crippen LogP contribution in [0, 0.1) is 0 Å². The van der Waals surface area contributed by atoms with Crippen molar-refractivity contribution in [3.63, 3.8) is 0 Å². The number of hydrazine groups is 1. The maximum atomic E-state index is 13.0. The fraction of sp³-hybridized carbons (Fsp3) is 0. The van der Waals surface area contributed by atoms with Crippen LogP contribution in [0.2, 0.25) is 0 Å². The van der Waals surface area contributed by atoms with E-state index in [-0.39, 0.29) is 11.4 Å². The quantitative estimate of drug-likeness (QED) is 0.179. The highest BCUT2D eigenvalue weighted by atomic mass is 32.1. The lowest BCUT2D eigenvalue weighted by Gasteiger charge is -2.24. The third kappa shape index (κ3) is 6.62. The average Bonchev–Trinajstić information content (AvgIpc) is 3.79. The van der Waals surface area contributed by atoms with Crippen molar-refractivity contribution in [2.75, 3.05) is 0 Å². The molecule has 0 unspecified atom stereocenters. The Morgan fingerprint density at radius 3 is 1.37 bits per heavy atom. The molecule has 6 aromatic rings. The van der Waals surface area contributed by atoms with Gasteiger partial charge in [0.25, 0.3) is 0 Å². The Morgan fingerprint density at radius 1 is 0.565 bits per heavy atom. The zero-order valence-corrected chi connectivity index (χ0v) is 25.3. The zero-order valence-electron chi connectivity index (χ0n) is 23.7. The summed E-state index contributed by atoms with van der Waals surface area (Å²) in [4.78, 5) is 53.1. The number of hydrazone groups is 2. The molecule has 0 radical (unpaired) electrons. The van der Waals surface area contributed by atoms with Crippen molar-refractivity contribution in [3.8, 4) is 21.1 Å². The molecule has 6 aromatic heterocycles. The van der Waals surface area contributed by atoms with Crippen LogP contribution >= 0.6 is 22.7 Å². The standard InChI is InChI=1S/C30H22N12O2S2/c31-29(43)41(39-25(21-9-1-3-13-35-21)23-17-37-27(45-23)19-7-5-11-33-15-19)42(30(32)44)40-26(22-10-2-4-14-36-22)24-18-38-28(46-24)20-8-6-12-34-16-20/h1-18H,(H2,31,43)(H2,32,44). The van der Waals surface area contributed by atoms with Crippen molar-refractivity contribution >= 4 is 46.2 Å². The lowest BCUT2D eigenvalue weighted by atomic mass is 10.2. The Bertz CT molecular complexity index is 1870. The van der Waals surface area contributed by atoms with Crippen LogP contribution in [-0.4, -0.2) is 63.6 Å². The van der Waals surface area contributed by atoms with Crippen LogP contribution in [-0.2, 0) is 0 Å². The van der Waals surface area contributed by atoms with E-state index in [9.17, 15) is 9.59 Å². The van der Waals surface area contributed by atoms with Gasteiger partial charge in [0.1, 0.15) is 21.4 Å². The van der Waals surface area contributed by atoms with Gasteiger partial charge >= 0.3 is 12.1 Å². The number of rotatable bonds is 8. The summed E-state index contributed by atoms with van der Waals surface area (Å²) in [5, 5.41) is 11.4. The van der Waals surface area contributed by atoms with Gasteiger partial charge in [-0.05, 0) is 48.5 Å². The van der Waals surface area contributed by atoms with Crippen molar-refractivity contribution in [1.29, 1.82) is 0 Å². The number of primary amides is 2. The molecule has 46 heavy (non-hydrogen) atoms. The molecule has 6 heterocycles. The highest BCUT2D eigenvalue weighted by Crippen LogP contribution is 2.28. The van der Waals surface area contributed by atoms with Crippen LogP contribution in [0.1, 0.15) is 21.1 Å². The van der Waals surface area contributed by atoms with Crippen molar-refractivity contribution in [1.82, 2.24) is 40.1 Å². The first-order chi connectivity index (χ1) is 22.5. The van der Waals surface area contributed by atoms with Crippen molar-refractivity contribution in [2.24, 2.45) is 21.7 Å². The molecule has 0 saturated carbocycles. The van der Waals surface area contributed by atoms with Gasteiger partial charge in [-0.2, -0.15) is 0 Å². The third-order valence-corrected chi connectivity index (χ3v) is 8.18. The normalized spacial score (nSPS) is 11.7. The van der Waals surface area contributed by atoms with E-state index >= 15 is 0 Å². The molecule has 4 N–H and O–H groups in total. The monoisotopic (exact) mass is 646 g/mol. The number of carbonyl (C=O) groups excluding carboxylic acids is 2. The van der Waals surface area contributed by atoms with Gasteiger partial charge in [0.15, 0.2) is 0 Å². The topological polar surface area (TPSA) is 195 Å². The largest absolute Gasteiger partial charge is 0.356 e. The van der Waals surface area contributed by atoms with Gasteiger partial charge in [0.2, 0.25) is 0 Å². The predicted octanol–water partition coefficient (Wildman–Crippen LogP) is 4.40. The molecule has 16 heteroatoms. The molecule has 6 rings (SSSR count). The lowest BCUT2D eigenvalue weighted by molar-refractivity contribution is 0.0599. The van der Waals surface area contributed by atoms with Crippen LogP contribution in [0.5, 0.6) is 0 Å². The predicted molar refractivity (Wildman–Crippen MR) is 173 cm³/mol. The van der Waals surface area contributed by atoms with Gasteiger partial charge < -0.3 is 11.5 Å². The van der Waals surface area contributed by atoms with Crippen molar-refractivity contribution < 1.29 is 9.59 Å². The number of nitrogens with two attached hydrogens (primary N) is 2. The molecule has 0 fully saturated rings. The van der Waals surface area contributed by atoms with Gasteiger partial charge in [-0.1, -0.05) is 22.4 Å². The van der Waals surface area contributed by atoms with E-state index in [4.69, 9.17) is 11.5 Å². The Balaban J connectivity index is 1.47. The second-order valence-corrected chi connectivity index (χ2v) is 11.2. The van der Waals surface area contributed by atoms with Gasteiger partial charge in [-0.25, -0.2) is 19.6 Å². The highest BCUT2D eigenvalue weighted by molar-refractivity contribution is 7.17. The number of hydrogen-bond donors (Lipinski definition) is 2. The first kappa shape index (κ1) is 29.8. The summed E-state index contributed by atoms with van der Waals surface area (Å²) in [7, 11) is 0. The molecule has 0 bridgehead atoms. The number of thiazole rings is 2. The Hall–Kier alpha value is -6.26. The van der Waals surface area contributed by atoms with Crippen molar-refractivity contribution in [3.05, 3.63) is 131 Å². The summed E-state index contributed by atoms with van der Waals surface area (Å²) < 4.78 is 0. The minimum atomic E-state index is -1.14. The van der Waals surface area contributed by atoms with Crippen LogP contribution in [0.25, 0.3) is 21.1 Å². The van der Waals surface area contributed by atoms with Crippen LogP contribution in [0.15, 0.2) is 120 Å². The molecule has 0 saturated heterocycles. The maximum absolute atomic E-state index is 13.0. The second kappa shape index (κ2) is 13.6. The van der Waals surface area contributed by atoms with E-state index in [2.05, 4.69) is 40.1 Å². The molecular formula is C30H22N12O2S2. The number of nitrogens with zero attached hydrogens (tertiary/aromatic N) is 10. The average molecular weight is 647 g/mol. The Morgan fingerprint density at radius 2 is 1.02 bits per heavy atom. The maximum Gasteiger partial charge on any atom is 0.356 e. The molecule has 226 valence electrons. The van der Waals surface area contributed by atoms with E-state index in [1.807, 2.05) is 12.1 Å². The summed E-state index contributed by atoms with van der Waals surface area (Å²) in [5.41, 5.74) is 14.3. The number of amides is 4. The molecular weight excluding hydrogens is 625 g/mol. The molecule has 0 aliphatic heterocycles. The smallest absolute Gasteiger partial charge is 0.348 e. The fourth-order valence-electron chi connectivity index (χ4n) is 4.03. The molecule has 0 spiro atoms. The summed E-state index contributed by atoms with van der Waals surface area (Å²) in [5.74, 6) is 0. The number of hydrogen-bond acceptors (Lipinski definition) is 12. The lowest BCUT2D eigenvalue weighted by Crippen LogP contribution is -2.49. The zero-order chi connectivity index (χ0) is 31.9.